The van der Waals surface area contributed by atoms with Gasteiger partial charge >= 0.3 is 0 Å². The molecular weight excluding hydrogens is 574 g/mol. The summed E-state index contributed by atoms with van der Waals surface area (Å²) in [7, 11) is 0. The van der Waals surface area contributed by atoms with Crippen molar-refractivity contribution in [3.05, 3.63) is 174 Å². The molecule has 0 saturated heterocycles. The predicted molar refractivity (Wildman–Crippen MR) is 203 cm³/mol. The molecule has 3 aromatic carbocycles. The van der Waals surface area contributed by atoms with Crippen molar-refractivity contribution >= 4 is 39.5 Å². The lowest BCUT2D eigenvalue weighted by Crippen LogP contribution is -2.10. The van der Waals surface area contributed by atoms with Crippen molar-refractivity contribution in [1.29, 1.82) is 5.41 Å². The van der Waals surface area contributed by atoms with Gasteiger partial charge in [0.1, 0.15) is 0 Å². The van der Waals surface area contributed by atoms with Crippen LogP contribution >= 0.6 is 0 Å². The lowest BCUT2D eigenvalue weighted by Gasteiger charge is -2.19. The van der Waals surface area contributed by atoms with Gasteiger partial charge in [-0.1, -0.05) is 116 Å². The van der Waals surface area contributed by atoms with Crippen molar-refractivity contribution in [1.82, 2.24) is 4.57 Å². The first kappa shape index (κ1) is 32.7. The van der Waals surface area contributed by atoms with E-state index in [1.807, 2.05) is 37.3 Å². The minimum Gasteiger partial charge on any atom is -0.404 e. The van der Waals surface area contributed by atoms with Crippen molar-refractivity contribution in [2.75, 3.05) is 6.54 Å². The van der Waals surface area contributed by atoms with Crippen LogP contribution in [0.15, 0.2) is 157 Å². The number of nitrogens with two attached hydrogens (primary N) is 3. The highest BCUT2D eigenvalue weighted by molar-refractivity contribution is 6.11. The maximum atomic E-state index is 7.58. The molecule has 5 nitrogen and oxygen atoms in total. The summed E-state index contributed by atoms with van der Waals surface area (Å²) in [5.74, 6) is 0.342. The fraction of sp³-hybridized carbons (Fsp3) is 0.119. The van der Waals surface area contributed by atoms with Gasteiger partial charge in [-0.2, -0.15) is 0 Å². The number of allylic oxidation sites excluding steroid dienone is 13. The van der Waals surface area contributed by atoms with Gasteiger partial charge in [0.15, 0.2) is 0 Å². The molecule has 0 fully saturated rings. The number of fused-ring (bicyclic) bond motifs is 5. The molecule has 0 saturated carbocycles. The van der Waals surface area contributed by atoms with Crippen LogP contribution in [0.25, 0.3) is 39.0 Å². The average Bonchev–Trinajstić information content (AvgIpc) is 3.44. The zero-order valence-electron chi connectivity index (χ0n) is 26.9. The highest BCUT2D eigenvalue weighted by Gasteiger charge is 2.24. The van der Waals surface area contributed by atoms with Crippen molar-refractivity contribution in [3.63, 3.8) is 0 Å². The number of aromatic nitrogens is 1. The molecular formula is C42H43N5. The Morgan fingerprint density at radius 1 is 0.957 bits per heavy atom. The Balaban J connectivity index is 1.55. The molecule has 0 amide bonds. The van der Waals surface area contributed by atoms with Crippen molar-refractivity contribution in [3.8, 4) is 5.69 Å². The van der Waals surface area contributed by atoms with E-state index in [1.165, 1.54) is 33.8 Å². The van der Waals surface area contributed by atoms with Gasteiger partial charge in [-0.25, -0.2) is 0 Å². The van der Waals surface area contributed by atoms with Gasteiger partial charge in [-0.15, -0.1) is 0 Å². The fourth-order valence-corrected chi connectivity index (χ4v) is 6.23. The molecule has 4 aromatic rings. The van der Waals surface area contributed by atoms with Gasteiger partial charge in [0.25, 0.3) is 0 Å². The maximum absolute atomic E-state index is 7.58. The molecule has 0 radical (unpaired) electrons. The predicted octanol–water partition coefficient (Wildman–Crippen LogP) is 8.84. The summed E-state index contributed by atoms with van der Waals surface area (Å²) in [6.45, 7) is 6.09. The van der Waals surface area contributed by atoms with E-state index in [0.29, 0.717) is 12.5 Å². The largest absolute Gasteiger partial charge is 0.404 e. The number of hydrogen-bond acceptors (Lipinski definition) is 4. The third-order valence-corrected chi connectivity index (χ3v) is 8.52. The molecule has 1 atom stereocenters. The molecule has 0 aliphatic heterocycles. The minimum absolute atomic E-state index is 0.342. The number of nitrogens with one attached hydrogen (secondary N) is 1. The van der Waals surface area contributed by atoms with Gasteiger partial charge < -0.3 is 27.2 Å². The Morgan fingerprint density at radius 3 is 2.43 bits per heavy atom. The summed E-state index contributed by atoms with van der Waals surface area (Å²) < 4.78 is 2.45. The van der Waals surface area contributed by atoms with Crippen molar-refractivity contribution in [2.45, 2.75) is 19.8 Å². The summed E-state index contributed by atoms with van der Waals surface area (Å²) in [6.07, 6.45) is 28.4. The smallest absolute Gasteiger partial charge is 0.0616 e. The van der Waals surface area contributed by atoms with Crippen LogP contribution < -0.4 is 17.2 Å². The Kier molecular flexibility index (Phi) is 10.8. The highest BCUT2D eigenvalue weighted by Crippen LogP contribution is 2.40. The van der Waals surface area contributed by atoms with Gasteiger partial charge in [-0.05, 0) is 77.1 Å². The number of nitrogens with zero attached hydrogens (tertiary/aromatic N) is 1. The third-order valence-electron chi connectivity index (χ3n) is 8.52. The van der Waals surface area contributed by atoms with Crippen LogP contribution in [0, 0.1) is 11.3 Å². The lowest BCUT2D eigenvalue weighted by molar-refractivity contribution is 0.635. The Hall–Kier alpha value is -5.65. The molecule has 0 spiro atoms. The van der Waals surface area contributed by atoms with Crippen molar-refractivity contribution < 1.29 is 0 Å². The monoisotopic (exact) mass is 617 g/mol. The van der Waals surface area contributed by atoms with Gasteiger partial charge in [0.2, 0.25) is 0 Å². The van der Waals surface area contributed by atoms with E-state index in [9.17, 15) is 0 Å². The molecule has 5 heteroatoms. The number of rotatable bonds is 12. The lowest BCUT2D eigenvalue weighted by atomic mass is 9.90. The first-order chi connectivity index (χ1) is 23.1. The molecule has 1 heterocycles. The molecule has 1 unspecified atom stereocenters. The molecule has 47 heavy (non-hydrogen) atoms. The van der Waals surface area contributed by atoms with Crippen LogP contribution in [0.1, 0.15) is 30.2 Å². The standard InChI is InChI=1S/C42H43N5/c1-3-10-31(26-43)13-9-14-35(28-45)32-19-22-38-33(25-32)20-23-40-39-21-18-30(12-8-15-36(29-46)34(27-44)11-4-2)24-41(39)47(42(38)40)37-16-6-5-7-17-37/h3-11,13-23,25-27,29-30,43H,1,12,24,28,44-46H2,2H3/b11-4-,13-9+,15-8-,31-10-,34-27+,35-14+,36-29+,43-26?. The summed E-state index contributed by atoms with van der Waals surface area (Å²) in [5, 5.41) is 11.2. The van der Waals surface area contributed by atoms with Gasteiger partial charge in [-0.3, -0.25) is 0 Å². The summed E-state index contributed by atoms with van der Waals surface area (Å²) in [4.78, 5) is 0. The molecule has 236 valence electrons. The quantitative estimate of drug-likeness (QED) is 0.0942. The van der Waals surface area contributed by atoms with Gasteiger partial charge in [0.05, 0.1) is 5.52 Å². The Labute approximate surface area is 278 Å². The number of para-hydroxylation sites is 1. The van der Waals surface area contributed by atoms with Gasteiger partial charge in [0, 0.05) is 52.9 Å². The Bertz CT molecular complexity index is 2020. The second-order valence-electron chi connectivity index (χ2n) is 11.4. The second kappa shape index (κ2) is 15.6. The topological polar surface area (TPSA) is 107 Å². The van der Waals surface area contributed by atoms with E-state index >= 15 is 0 Å². The zero-order valence-corrected chi connectivity index (χ0v) is 26.9. The van der Waals surface area contributed by atoms with Crippen LogP contribution in [0.4, 0.5) is 0 Å². The van der Waals surface area contributed by atoms with Crippen LogP contribution in [0.2, 0.25) is 0 Å². The molecule has 1 aromatic heterocycles. The second-order valence-corrected chi connectivity index (χ2v) is 11.4. The molecule has 5 rings (SSSR count). The fourth-order valence-electron chi connectivity index (χ4n) is 6.23. The molecule has 0 bridgehead atoms. The van der Waals surface area contributed by atoms with E-state index in [-0.39, 0.29) is 0 Å². The maximum Gasteiger partial charge on any atom is 0.0616 e. The summed E-state index contributed by atoms with van der Waals surface area (Å²) >= 11 is 0. The summed E-state index contributed by atoms with van der Waals surface area (Å²) in [6, 6.07) is 21.7. The first-order valence-corrected chi connectivity index (χ1v) is 15.9. The minimum atomic E-state index is 0.342. The van der Waals surface area contributed by atoms with E-state index in [1.54, 1.807) is 24.6 Å². The number of benzene rings is 3. The summed E-state index contributed by atoms with van der Waals surface area (Å²) in [5.41, 5.74) is 27.6. The zero-order chi connectivity index (χ0) is 33.2. The highest BCUT2D eigenvalue weighted by atomic mass is 15.0. The van der Waals surface area contributed by atoms with Crippen LogP contribution in [-0.2, 0) is 6.42 Å². The van der Waals surface area contributed by atoms with E-state index in [4.69, 9.17) is 22.6 Å². The SMILES string of the molecule is C=C/C=C(C=N)/C=C/C=C(\CN)c1ccc2c(ccc3c4c(n(-c5ccccc5)c32)CC(C\C=C/C(=C\N)C(/C=C\C)=C/N)C=C4)c1. The van der Waals surface area contributed by atoms with E-state index in [0.717, 1.165) is 51.8 Å². The molecule has 7 N–H and O–H groups in total. The van der Waals surface area contributed by atoms with E-state index in [2.05, 4.69) is 96.1 Å². The normalized spacial score (nSPS) is 16.3. The number of hydrogen-bond donors (Lipinski definition) is 4. The molecule has 1 aliphatic carbocycles. The van der Waals surface area contributed by atoms with Crippen LogP contribution in [0.3, 0.4) is 0 Å². The van der Waals surface area contributed by atoms with Crippen LogP contribution in [-0.4, -0.2) is 17.3 Å². The first-order valence-electron chi connectivity index (χ1n) is 15.9. The van der Waals surface area contributed by atoms with E-state index < -0.39 is 0 Å². The molecule has 1 aliphatic rings. The van der Waals surface area contributed by atoms with Crippen molar-refractivity contribution in [2.24, 2.45) is 23.1 Å². The third kappa shape index (κ3) is 7.11. The Morgan fingerprint density at radius 2 is 1.72 bits per heavy atom. The van der Waals surface area contributed by atoms with Crippen LogP contribution in [0.5, 0.6) is 0 Å². The average molecular weight is 618 g/mol.